The van der Waals surface area contributed by atoms with E-state index in [4.69, 9.17) is 11.6 Å². The van der Waals surface area contributed by atoms with Gasteiger partial charge >= 0.3 is 6.03 Å². The number of piperidine rings is 3. The molecule has 1 aromatic heterocycles. The van der Waals surface area contributed by atoms with E-state index in [-0.39, 0.29) is 12.1 Å². The summed E-state index contributed by atoms with van der Waals surface area (Å²) in [4.78, 5) is 15.0. The number of halogens is 1. The van der Waals surface area contributed by atoms with Crippen LogP contribution in [-0.4, -0.2) is 41.2 Å². The van der Waals surface area contributed by atoms with Crippen molar-refractivity contribution in [2.45, 2.75) is 18.9 Å². The maximum absolute atomic E-state index is 12.5. The molecule has 2 bridgehead atoms. The van der Waals surface area contributed by atoms with Crippen molar-refractivity contribution in [2.24, 2.45) is 5.92 Å². The summed E-state index contributed by atoms with van der Waals surface area (Å²) in [5.41, 5.74) is 2.02. The number of nitrogens with zero attached hydrogens (tertiary/aromatic N) is 2. The third kappa shape index (κ3) is 3.01. The fourth-order valence-electron chi connectivity index (χ4n) is 3.72. The fourth-order valence-corrected chi connectivity index (χ4v) is 3.91. The highest BCUT2D eigenvalue weighted by atomic mass is 35.5. The molecule has 5 heteroatoms. The van der Waals surface area contributed by atoms with Crippen LogP contribution in [0.1, 0.15) is 12.8 Å². The minimum absolute atomic E-state index is 0.0444. The smallest absolute Gasteiger partial charge is 0.325 e. The zero-order valence-corrected chi connectivity index (χ0v) is 13.7. The fraction of sp³-hybridized carbons (Fsp3) is 0.389. The van der Waals surface area contributed by atoms with Crippen LogP contribution in [-0.2, 0) is 0 Å². The number of fused-ring (bicyclic) bond motifs is 3. The van der Waals surface area contributed by atoms with Crippen LogP contribution in [0.5, 0.6) is 0 Å². The molecule has 4 heterocycles. The number of carbonyl (C=O) groups is 1. The molecule has 0 unspecified atom stereocenters. The van der Waals surface area contributed by atoms with Gasteiger partial charge in [-0.15, -0.1) is 0 Å². The number of carbonyl (C=O) groups excluding carboxylic acids is 1. The SMILES string of the molecule is O=C(N[C@H]1CN2CCC1CC2)n1ccc(-c2cccc(Cl)c2)c1. The van der Waals surface area contributed by atoms with Crippen molar-refractivity contribution in [1.29, 1.82) is 0 Å². The van der Waals surface area contributed by atoms with Crippen molar-refractivity contribution < 1.29 is 4.79 Å². The molecule has 3 saturated heterocycles. The first kappa shape index (κ1) is 14.8. The zero-order valence-electron chi connectivity index (χ0n) is 12.9. The first-order chi connectivity index (χ1) is 11.2. The minimum atomic E-state index is -0.0444. The Bertz CT molecular complexity index is 719. The Hall–Kier alpha value is -1.78. The Kier molecular flexibility index (Phi) is 3.87. The van der Waals surface area contributed by atoms with E-state index in [0.29, 0.717) is 10.9 Å². The highest BCUT2D eigenvalue weighted by Gasteiger charge is 2.34. The lowest BCUT2D eigenvalue weighted by molar-refractivity contribution is 0.0767. The molecule has 0 aliphatic carbocycles. The molecule has 3 fully saturated rings. The minimum Gasteiger partial charge on any atom is -0.333 e. The van der Waals surface area contributed by atoms with Crippen LogP contribution in [0.4, 0.5) is 4.79 Å². The zero-order chi connectivity index (χ0) is 15.8. The summed E-state index contributed by atoms with van der Waals surface area (Å²) in [6, 6.07) is 9.86. The molecule has 4 nitrogen and oxygen atoms in total. The monoisotopic (exact) mass is 329 g/mol. The van der Waals surface area contributed by atoms with Crippen LogP contribution in [0.25, 0.3) is 11.1 Å². The van der Waals surface area contributed by atoms with Crippen molar-refractivity contribution in [3.63, 3.8) is 0 Å². The Morgan fingerprint density at radius 1 is 1.17 bits per heavy atom. The third-order valence-electron chi connectivity index (χ3n) is 5.05. The number of aromatic nitrogens is 1. The summed E-state index contributed by atoms with van der Waals surface area (Å²) in [5.74, 6) is 0.631. The van der Waals surface area contributed by atoms with Crippen LogP contribution >= 0.6 is 11.6 Å². The molecule has 1 atom stereocenters. The molecule has 23 heavy (non-hydrogen) atoms. The first-order valence-corrected chi connectivity index (χ1v) is 8.54. The highest BCUT2D eigenvalue weighted by molar-refractivity contribution is 6.30. The molecule has 1 aromatic carbocycles. The van der Waals surface area contributed by atoms with Crippen molar-refractivity contribution >= 4 is 17.6 Å². The summed E-state index contributed by atoms with van der Waals surface area (Å²) in [7, 11) is 0. The third-order valence-corrected chi connectivity index (χ3v) is 5.29. The van der Waals surface area contributed by atoms with Crippen molar-refractivity contribution in [2.75, 3.05) is 19.6 Å². The molecule has 0 radical (unpaired) electrons. The van der Waals surface area contributed by atoms with Crippen molar-refractivity contribution in [3.05, 3.63) is 47.7 Å². The van der Waals surface area contributed by atoms with Crippen molar-refractivity contribution in [1.82, 2.24) is 14.8 Å². The second-order valence-corrected chi connectivity index (χ2v) is 6.95. The van der Waals surface area contributed by atoms with Crippen LogP contribution < -0.4 is 5.32 Å². The van der Waals surface area contributed by atoms with Gasteiger partial charge in [0.25, 0.3) is 0 Å². The van der Waals surface area contributed by atoms with Gasteiger partial charge in [-0.1, -0.05) is 23.7 Å². The van der Waals surface area contributed by atoms with Gasteiger partial charge in [-0.05, 0) is 61.2 Å². The Morgan fingerprint density at radius 3 is 2.70 bits per heavy atom. The number of benzene rings is 1. The number of rotatable bonds is 2. The quantitative estimate of drug-likeness (QED) is 0.916. The Balaban J connectivity index is 1.47. The average molecular weight is 330 g/mol. The van der Waals surface area contributed by atoms with Gasteiger partial charge in [0.15, 0.2) is 0 Å². The second kappa shape index (κ2) is 6.02. The number of nitrogens with one attached hydrogen (secondary N) is 1. The molecule has 3 aliphatic heterocycles. The molecule has 2 aromatic rings. The number of hydrogen-bond donors (Lipinski definition) is 1. The lowest BCUT2D eigenvalue weighted by atomic mass is 9.84. The summed E-state index contributed by atoms with van der Waals surface area (Å²) < 4.78 is 1.63. The van der Waals surface area contributed by atoms with Crippen molar-refractivity contribution in [3.8, 4) is 11.1 Å². The van der Waals surface area contributed by atoms with E-state index < -0.39 is 0 Å². The van der Waals surface area contributed by atoms with E-state index in [9.17, 15) is 4.79 Å². The lowest BCUT2D eigenvalue weighted by Crippen LogP contribution is -2.57. The topological polar surface area (TPSA) is 37.3 Å². The highest BCUT2D eigenvalue weighted by Crippen LogP contribution is 2.28. The molecule has 1 N–H and O–H groups in total. The van der Waals surface area contributed by atoms with E-state index in [1.54, 1.807) is 4.57 Å². The second-order valence-electron chi connectivity index (χ2n) is 6.51. The maximum atomic E-state index is 12.5. The lowest BCUT2D eigenvalue weighted by Gasteiger charge is -2.44. The summed E-state index contributed by atoms with van der Waals surface area (Å²) in [6.07, 6.45) is 6.07. The molecule has 0 saturated carbocycles. The van der Waals surface area contributed by atoms with Crippen LogP contribution in [0.3, 0.4) is 0 Å². The average Bonchev–Trinajstić information content (AvgIpc) is 3.06. The van der Waals surface area contributed by atoms with Gasteiger partial charge < -0.3 is 10.2 Å². The van der Waals surface area contributed by atoms with Gasteiger partial charge in [-0.2, -0.15) is 0 Å². The van der Waals surface area contributed by atoms with E-state index in [1.165, 1.54) is 25.9 Å². The van der Waals surface area contributed by atoms with E-state index in [1.807, 2.05) is 42.7 Å². The predicted molar refractivity (Wildman–Crippen MR) is 91.8 cm³/mol. The summed E-state index contributed by atoms with van der Waals surface area (Å²) >= 11 is 6.04. The van der Waals surface area contributed by atoms with Gasteiger partial charge in [-0.25, -0.2) is 4.79 Å². The molecular weight excluding hydrogens is 310 g/mol. The van der Waals surface area contributed by atoms with E-state index >= 15 is 0 Å². The van der Waals surface area contributed by atoms with Gasteiger partial charge in [0.1, 0.15) is 0 Å². The Morgan fingerprint density at radius 2 is 2.00 bits per heavy atom. The molecule has 1 amide bonds. The molecule has 0 spiro atoms. The maximum Gasteiger partial charge on any atom is 0.325 e. The first-order valence-electron chi connectivity index (χ1n) is 8.16. The van der Waals surface area contributed by atoms with E-state index in [0.717, 1.165) is 17.7 Å². The van der Waals surface area contributed by atoms with Crippen LogP contribution in [0.2, 0.25) is 5.02 Å². The predicted octanol–water partition coefficient (Wildman–Crippen LogP) is 3.46. The van der Waals surface area contributed by atoms with Gasteiger partial charge in [-0.3, -0.25) is 4.57 Å². The number of amides is 1. The number of hydrogen-bond acceptors (Lipinski definition) is 2. The molecule has 5 rings (SSSR count). The van der Waals surface area contributed by atoms with Crippen LogP contribution in [0, 0.1) is 5.92 Å². The van der Waals surface area contributed by atoms with Gasteiger partial charge in [0.2, 0.25) is 0 Å². The van der Waals surface area contributed by atoms with Gasteiger partial charge in [0, 0.05) is 30.0 Å². The largest absolute Gasteiger partial charge is 0.333 e. The summed E-state index contributed by atoms with van der Waals surface area (Å²) in [5, 5.41) is 3.90. The Labute approximate surface area is 141 Å². The van der Waals surface area contributed by atoms with Gasteiger partial charge in [0.05, 0.1) is 0 Å². The normalized spacial score (nSPS) is 26.2. The molecular formula is C18H20ClN3O. The standard InChI is InChI=1S/C18H20ClN3O/c19-16-3-1-2-14(10-16)15-6-9-22(11-15)18(23)20-17-12-21-7-4-13(17)5-8-21/h1-3,6,9-11,13,17H,4-5,7-8,12H2,(H,20,23)/t17-/m0/s1. The molecule has 3 aliphatic rings. The van der Waals surface area contributed by atoms with Crippen LogP contribution in [0.15, 0.2) is 42.7 Å². The summed E-state index contributed by atoms with van der Waals surface area (Å²) in [6.45, 7) is 3.35. The van der Waals surface area contributed by atoms with E-state index in [2.05, 4.69) is 10.2 Å². The molecule has 120 valence electrons.